The molecule has 2 heteroatoms. The molecule has 0 aliphatic carbocycles. The Morgan fingerprint density at radius 3 is 1.73 bits per heavy atom. The van der Waals surface area contributed by atoms with Crippen LogP contribution in [-0.4, -0.2) is 4.98 Å². The van der Waals surface area contributed by atoms with Crippen LogP contribution in [0.25, 0.3) is 21.8 Å². The van der Waals surface area contributed by atoms with Gasteiger partial charge in [-0.15, -0.1) is 0 Å². The molecule has 1 N–H and O–H groups in total. The minimum Gasteiger partial charge on any atom is -0.355 e. The van der Waals surface area contributed by atoms with E-state index in [0.29, 0.717) is 0 Å². The monoisotopic (exact) mass is 351 g/mol. The van der Waals surface area contributed by atoms with Crippen LogP contribution < -0.4 is 15.9 Å². The Hall–Kier alpha value is -2.89. The van der Waals surface area contributed by atoms with Crippen molar-refractivity contribution in [2.45, 2.75) is 0 Å². The van der Waals surface area contributed by atoms with Crippen LogP contribution in [0.15, 0.2) is 103 Å². The van der Waals surface area contributed by atoms with Crippen LogP contribution in [-0.2, 0) is 0 Å². The van der Waals surface area contributed by atoms with Crippen LogP contribution in [0.3, 0.4) is 0 Å². The lowest BCUT2D eigenvalue weighted by Crippen LogP contribution is -2.20. The van der Waals surface area contributed by atoms with Crippen LogP contribution >= 0.6 is 7.92 Å². The first-order chi connectivity index (χ1) is 12.9. The van der Waals surface area contributed by atoms with Crippen molar-refractivity contribution >= 4 is 45.6 Å². The molecule has 0 unspecified atom stereocenters. The third-order valence-electron chi connectivity index (χ3n) is 4.78. The Balaban J connectivity index is 1.75. The van der Waals surface area contributed by atoms with E-state index >= 15 is 0 Å². The zero-order chi connectivity index (χ0) is 17.3. The van der Waals surface area contributed by atoms with E-state index in [4.69, 9.17) is 0 Å². The predicted octanol–water partition coefficient (Wildman–Crippen LogP) is 5.08. The zero-order valence-electron chi connectivity index (χ0n) is 14.3. The molecule has 0 saturated heterocycles. The SMILES string of the molecule is c1ccc(P(c2ccccc2)c2ccc3[nH]c4ccccc4c3c2)cc1. The lowest BCUT2D eigenvalue weighted by Gasteiger charge is -2.19. The average molecular weight is 351 g/mol. The summed E-state index contributed by atoms with van der Waals surface area (Å²) in [5.41, 5.74) is 2.40. The van der Waals surface area contributed by atoms with E-state index < -0.39 is 7.92 Å². The molecule has 0 radical (unpaired) electrons. The fourth-order valence-corrected chi connectivity index (χ4v) is 5.89. The van der Waals surface area contributed by atoms with Crippen LogP contribution in [0.5, 0.6) is 0 Å². The molecule has 5 rings (SSSR count). The Kier molecular flexibility index (Phi) is 3.81. The standard InChI is InChI=1S/C24H18NP/c1-3-9-18(10-4-1)26(19-11-5-2-6-12-19)20-15-16-24-22(17-20)21-13-7-8-14-23(21)25-24/h1-17,25H. The molecule has 0 bridgehead atoms. The molecule has 0 saturated carbocycles. The molecule has 0 fully saturated rings. The van der Waals surface area contributed by atoms with E-state index in [1.807, 2.05) is 0 Å². The number of H-pyrrole nitrogens is 1. The third-order valence-corrected chi connectivity index (χ3v) is 7.20. The van der Waals surface area contributed by atoms with E-state index in [1.54, 1.807) is 0 Å². The normalized spacial score (nSPS) is 11.4. The minimum absolute atomic E-state index is 0.570. The second-order valence-electron chi connectivity index (χ2n) is 6.41. The number of aromatic amines is 1. The van der Waals surface area contributed by atoms with Gasteiger partial charge in [-0.25, -0.2) is 0 Å². The summed E-state index contributed by atoms with van der Waals surface area (Å²) < 4.78 is 0. The van der Waals surface area contributed by atoms with Gasteiger partial charge in [-0.2, -0.15) is 0 Å². The van der Waals surface area contributed by atoms with Gasteiger partial charge in [0.15, 0.2) is 0 Å². The van der Waals surface area contributed by atoms with Crippen molar-refractivity contribution in [3.63, 3.8) is 0 Å². The third kappa shape index (κ3) is 2.62. The van der Waals surface area contributed by atoms with Gasteiger partial charge >= 0.3 is 0 Å². The van der Waals surface area contributed by atoms with Crippen molar-refractivity contribution in [3.8, 4) is 0 Å². The summed E-state index contributed by atoms with van der Waals surface area (Å²) in [5, 5.41) is 6.74. The van der Waals surface area contributed by atoms with Gasteiger partial charge < -0.3 is 4.98 Å². The summed E-state index contributed by atoms with van der Waals surface area (Å²) in [4.78, 5) is 3.53. The van der Waals surface area contributed by atoms with Crippen molar-refractivity contribution in [1.82, 2.24) is 4.98 Å². The molecule has 1 aromatic heterocycles. The van der Waals surface area contributed by atoms with Gasteiger partial charge in [0.05, 0.1) is 0 Å². The molecule has 26 heavy (non-hydrogen) atoms. The molecule has 0 aliphatic heterocycles. The maximum absolute atomic E-state index is 3.53. The number of rotatable bonds is 3. The van der Waals surface area contributed by atoms with Gasteiger partial charge in [0.25, 0.3) is 0 Å². The van der Waals surface area contributed by atoms with Crippen molar-refractivity contribution in [2.24, 2.45) is 0 Å². The number of aromatic nitrogens is 1. The highest BCUT2D eigenvalue weighted by Crippen LogP contribution is 2.35. The smallest absolute Gasteiger partial charge is 0.0465 e. The molecular weight excluding hydrogens is 333 g/mol. The van der Waals surface area contributed by atoms with E-state index in [2.05, 4.69) is 108 Å². The Morgan fingerprint density at radius 1 is 0.462 bits per heavy atom. The van der Waals surface area contributed by atoms with Crippen LogP contribution in [0, 0.1) is 0 Å². The lowest BCUT2D eigenvalue weighted by atomic mass is 10.1. The van der Waals surface area contributed by atoms with E-state index in [-0.39, 0.29) is 0 Å². The maximum atomic E-state index is 3.53. The molecule has 5 aromatic rings. The van der Waals surface area contributed by atoms with Crippen molar-refractivity contribution < 1.29 is 0 Å². The Morgan fingerprint density at radius 2 is 1.04 bits per heavy atom. The molecule has 1 nitrogen and oxygen atoms in total. The minimum atomic E-state index is -0.570. The molecule has 1 heterocycles. The van der Waals surface area contributed by atoms with Crippen molar-refractivity contribution in [2.75, 3.05) is 0 Å². The topological polar surface area (TPSA) is 15.8 Å². The number of fused-ring (bicyclic) bond motifs is 3. The summed E-state index contributed by atoms with van der Waals surface area (Å²) in [5.74, 6) is 0. The fourth-order valence-electron chi connectivity index (χ4n) is 3.58. The number of para-hydroxylation sites is 1. The molecule has 124 valence electrons. The first kappa shape index (κ1) is 15.4. The fraction of sp³-hybridized carbons (Fsp3) is 0. The molecule has 0 aliphatic rings. The van der Waals surface area contributed by atoms with E-state index in [0.717, 1.165) is 0 Å². The molecule has 0 amide bonds. The largest absolute Gasteiger partial charge is 0.355 e. The Labute approximate surface area is 154 Å². The van der Waals surface area contributed by atoms with Crippen LogP contribution in [0.1, 0.15) is 0 Å². The van der Waals surface area contributed by atoms with Gasteiger partial charge in [-0.3, -0.25) is 0 Å². The zero-order valence-corrected chi connectivity index (χ0v) is 15.2. The number of benzene rings is 4. The summed E-state index contributed by atoms with van der Waals surface area (Å²) in [6.45, 7) is 0. The van der Waals surface area contributed by atoms with Crippen molar-refractivity contribution in [1.29, 1.82) is 0 Å². The van der Waals surface area contributed by atoms with Gasteiger partial charge in [0, 0.05) is 21.8 Å². The van der Waals surface area contributed by atoms with Gasteiger partial charge in [-0.1, -0.05) is 84.9 Å². The number of hydrogen-bond acceptors (Lipinski definition) is 0. The summed E-state index contributed by atoms with van der Waals surface area (Å²) in [6.07, 6.45) is 0. The maximum Gasteiger partial charge on any atom is 0.0465 e. The summed E-state index contributed by atoms with van der Waals surface area (Å²) in [6, 6.07) is 37.1. The second kappa shape index (κ2) is 6.44. The number of nitrogens with one attached hydrogen (secondary N) is 1. The summed E-state index contributed by atoms with van der Waals surface area (Å²) in [7, 11) is -0.570. The highest BCUT2D eigenvalue weighted by atomic mass is 31.1. The first-order valence-electron chi connectivity index (χ1n) is 8.81. The van der Waals surface area contributed by atoms with Crippen LogP contribution in [0.2, 0.25) is 0 Å². The number of hydrogen-bond donors (Lipinski definition) is 1. The predicted molar refractivity (Wildman–Crippen MR) is 115 cm³/mol. The van der Waals surface area contributed by atoms with Gasteiger partial charge in [0.1, 0.15) is 0 Å². The first-order valence-corrected chi connectivity index (χ1v) is 10.1. The lowest BCUT2D eigenvalue weighted by molar-refractivity contribution is 1.55. The molecule has 0 spiro atoms. The molecule has 0 atom stereocenters. The quantitative estimate of drug-likeness (QED) is 0.436. The Bertz CT molecular complexity index is 1140. The average Bonchev–Trinajstić information content (AvgIpc) is 3.08. The van der Waals surface area contributed by atoms with Crippen LogP contribution in [0.4, 0.5) is 0 Å². The van der Waals surface area contributed by atoms with E-state index in [1.165, 1.54) is 37.7 Å². The van der Waals surface area contributed by atoms with Gasteiger partial charge in [0.2, 0.25) is 0 Å². The molecule has 4 aromatic carbocycles. The summed E-state index contributed by atoms with van der Waals surface area (Å²) >= 11 is 0. The van der Waals surface area contributed by atoms with E-state index in [9.17, 15) is 0 Å². The molecular formula is C24H18NP. The highest BCUT2D eigenvalue weighted by Gasteiger charge is 2.17. The van der Waals surface area contributed by atoms with Crippen molar-refractivity contribution in [3.05, 3.63) is 103 Å². The highest BCUT2D eigenvalue weighted by molar-refractivity contribution is 7.79. The second-order valence-corrected chi connectivity index (χ2v) is 8.63. The van der Waals surface area contributed by atoms with Gasteiger partial charge in [-0.05, 0) is 42.0 Å².